The van der Waals surface area contributed by atoms with E-state index in [2.05, 4.69) is 5.92 Å². The first kappa shape index (κ1) is 14.4. The predicted octanol–water partition coefficient (Wildman–Crippen LogP) is 2.38. The minimum Gasteiger partial charge on any atom is -0.493 e. The van der Waals surface area contributed by atoms with Gasteiger partial charge in [0.2, 0.25) is 0 Å². The largest absolute Gasteiger partial charge is 0.493 e. The minimum atomic E-state index is 0.0881. The summed E-state index contributed by atoms with van der Waals surface area (Å²) in [4.78, 5) is 0. The average Bonchev–Trinajstić information content (AvgIpc) is 2.35. The van der Waals surface area contributed by atoms with E-state index in [1.165, 1.54) is 0 Å². The number of terminal acetylenes is 1. The van der Waals surface area contributed by atoms with E-state index < -0.39 is 0 Å². The summed E-state index contributed by atoms with van der Waals surface area (Å²) in [6, 6.07) is 5.94. The van der Waals surface area contributed by atoms with Crippen molar-refractivity contribution in [3.05, 3.63) is 23.8 Å². The third kappa shape index (κ3) is 4.31. The van der Waals surface area contributed by atoms with Crippen LogP contribution in [0.1, 0.15) is 25.3 Å². The molecule has 0 saturated carbocycles. The maximum Gasteiger partial charge on any atom is 0.164 e. The van der Waals surface area contributed by atoms with Gasteiger partial charge in [0.15, 0.2) is 11.5 Å². The van der Waals surface area contributed by atoms with Gasteiger partial charge in [-0.05, 0) is 31.4 Å². The maximum atomic E-state index is 5.84. The van der Waals surface area contributed by atoms with Crippen LogP contribution in [0.4, 0.5) is 0 Å². The second kappa shape index (κ2) is 7.62. The van der Waals surface area contributed by atoms with Gasteiger partial charge in [0.05, 0.1) is 13.7 Å². The molecule has 1 rings (SSSR count). The van der Waals surface area contributed by atoms with Gasteiger partial charge >= 0.3 is 0 Å². The number of benzene rings is 1. The van der Waals surface area contributed by atoms with Gasteiger partial charge < -0.3 is 15.2 Å². The number of para-hydroxylation sites is 1. The zero-order valence-electron chi connectivity index (χ0n) is 11.1. The molecule has 0 amide bonds. The lowest BCUT2D eigenvalue weighted by atomic mass is 10.1. The fraction of sp³-hybridized carbons (Fsp3) is 0.467. The molecule has 1 aromatic carbocycles. The Balaban J connectivity index is 2.80. The van der Waals surface area contributed by atoms with Crippen LogP contribution in [0.25, 0.3) is 0 Å². The monoisotopic (exact) mass is 247 g/mol. The molecule has 0 bridgehead atoms. The van der Waals surface area contributed by atoms with Crippen molar-refractivity contribution >= 4 is 0 Å². The molecule has 0 aliphatic rings. The van der Waals surface area contributed by atoms with Gasteiger partial charge in [-0.3, -0.25) is 0 Å². The van der Waals surface area contributed by atoms with E-state index in [4.69, 9.17) is 21.6 Å². The van der Waals surface area contributed by atoms with E-state index in [1.54, 1.807) is 7.11 Å². The third-order valence-corrected chi connectivity index (χ3v) is 2.53. The standard InChI is InChI=1S/C15H21NO2/c1-4-5-6-10-18-15-13(11-12(2)16)8-7-9-14(15)17-3/h1,7-9,12H,5-6,10-11,16H2,2-3H3. The van der Waals surface area contributed by atoms with Crippen molar-refractivity contribution in [1.82, 2.24) is 0 Å². The number of nitrogens with two attached hydrogens (primary N) is 1. The third-order valence-electron chi connectivity index (χ3n) is 2.53. The molecule has 1 aromatic rings. The van der Waals surface area contributed by atoms with E-state index in [-0.39, 0.29) is 6.04 Å². The quantitative estimate of drug-likeness (QED) is 0.594. The lowest BCUT2D eigenvalue weighted by molar-refractivity contribution is 0.287. The fourth-order valence-corrected chi connectivity index (χ4v) is 1.74. The number of unbranched alkanes of at least 4 members (excludes halogenated alkanes) is 1. The van der Waals surface area contributed by atoms with Crippen molar-refractivity contribution in [2.45, 2.75) is 32.2 Å². The highest BCUT2D eigenvalue weighted by Gasteiger charge is 2.11. The second-order valence-corrected chi connectivity index (χ2v) is 4.29. The van der Waals surface area contributed by atoms with E-state index in [0.717, 1.165) is 36.3 Å². The number of rotatable bonds is 7. The molecule has 0 aliphatic heterocycles. The molecule has 1 unspecified atom stereocenters. The highest BCUT2D eigenvalue weighted by atomic mass is 16.5. The van der Waals surface area contributed by atoms with Crippen molar-refractivity contribution in [3.63, 3.8) is 0 Å². The molecule has 0 radical (unpaired) electrons. The Morgan fingerprint density at radius 3 is 2.83 bits per heavy atom. The lowest BCUT2D eigenvalue weighted by Crippen LogP contribution is -2.18. The molecule has 0 fully saturated rings. The second-order valence-electron chi connectivity index (χ2n) is 4.29. The Kier molecular flexibility index (Phi) is 6.10. The zero-order valence-corrected chi connectivity index (χ0v) is 11.1. The summed E-state index contributed by atoms with van der Waals surface area (Å²) in [5.74, 6) is 4.13. The van der Waals surface area contributed by atoms with Gasteiger partial charge in [0, 0.05) is 12.5 Å². The van der Waals surface area contributed by atoms with Crippen LogP contribution in [0.2, 0.25) is 0 Å². The molecule has 98 valence electrons. The molecule has 3 nitrogen and oxygen atoms in total. The molecule has 0 heterocycles. The summed E-state index contributed by atoms with van der Waals surface area (Å²) in [7, 11) is 1.64. The van der Waals surface area contributed by atoms with Gasteiger partial charge in [-0.1, -0.05) is 12.1 Å². The van der Waals surface area contributed by atoms with Gasteiger partial charge in [0.1, 0.15) is 0 Å². The zero-order chi connectivity index (χ0) is 13.4. The summed E-state index contributed by atoms with van der Waals surface area (Å²) in [6.45, 7) is 2.57. The number of ether oxygens (including phenoxy) is 2. The van der Waals surface area contributed by atoms with Crippen LogP contribution in [0.15, 0.2) is 18.2 Å². The number of hydrogen-bond acceptors (Lipinski definition) is 3. The van der Waals surface area contributed by atoms with Crippen molar-refractivity contribution in [3.8, 4) is 23.8 Å². The van der Waals surface area contributed by atoms with E-state index in [0.29, 0.717) is 6.61 Å². The Labute approximate surface area is 109 Å². The van der Waals surface area contributed by atoms with Crippen LogP contribution in [0.5, 0.6) is 11.5 Å². The molecule has 1 atom stereocenters. The SMILES string of the molecule is C#CCCCOc1c(CC(C)N)cccc1OC. The van der Waals surface area contributed by atoms with Crippen LogP contribution in [-0.2, 0) is 6.42 Å². The van der Waals surface area contributed by atoms with Crippen molar-refractivity contribution < 1.29 is 9.47 Å². The molecule has 2 N–H and O–H groups in total. The Morgan fingerprint density at radius 1 is 1.44 bits per heavy atom. The maximum absolute atomic E-state index is 5.84. The van der Waals surface area contributed by atoms with Crippen LogP contribution in [-0.4, -0.2) is 19.8 Å². The molecular formula is C15H21NO2. The molecular weight excluding hydrogens is 226 g/mol. The molecule has 0 aliphatic carbocycles. The average molecular weight is 247 g/mol. The molecule has 0 aromatic heterocycles. The Morgan fingerprint density at radius 2 is 2.22 bits per heavy atom. The highest BCUT2D eigenvalue weighted by Crippen LogP contribution is 2.31. The lowest BCUT2D eigenvalue weighted by Gasteiger charge is -2.16. The van der Waals surface area contributed by atoms with Gasteiger partial charge in [-0.2, -0.15) is 0 Å². The number of methoxy groups -OCH3 is 1. The van der Waals surface area contributed by atoms with E-state index >= 15 is 0 Å². The summed E-state index contributed by atoms with van der Waals surface area (Å²) in [5.41, 5.74) is 6.91. The Hall–Kier alpha value is -1.66. The van der Waals surface area contributed by atoms with Crippen LogP contribution >= 0.6 is 0 Å². The van der Waals surface area contributed by atoms with Crippen molar-refractivity contribution in [2.24, 2.45) is 5.73 Å². The summed E-state index contributed by atoms with van der Waals surface area (Å²) in [6.07, 6.45) is 7.54. The van der Waals surface area contributed by atoms with Crippen molar-refractivity contribution in [2.75, 3.05) is 13.7 Å². The first-order chi connectivity index (χ1) is 8.69. The first-order valence-corrected chi connectivity index (χ1v) is 6.16. The van der Waals surface area contributed by atoms with Gasteiger partial charge in [0.25, 0.3) is 0 Å². The number of hydrogen-bond donors (Lipinski definition) is 1. The predicted molar refractivity (Wildman–Crippen MR) is 73.9 cm³/mol. The van der Waals surface area contributed by atoms with Gasteiger partial charge in [-0.15, -0.1) is 12.3 Å². The normalized spacial score (nSPS) is 11.7. The molecule has 0 spiro atoms. The topological polar surface area (TPSA) is 44.5 Å². The smallest absolute Gasteiger partial charge is 0.164 e. The van der Waals surface area contributed by atoms with Crippen LogP contribution in [0, 0.1) is 12.3 Å². The van der Waals surface area contributed by atoms with Crippen LogP contribution < -0.4 is 15.2 Å². The molecule has 3 heteroatoms. The van der Waals surface area contributed by atoms with E-state index in [9.17, 15) is 0 Å². The van der Waals surface area contributed by atoms with Gasteiger partial charge in [-0.25, -0.2) is 0 Å². The summed E-state index contributed by atoms with van der Waals surface area (Å²) < 4.78 is 11.1. The molecule has 0 saturated heterocycles. The summed E-state index contributed by atoms with van der Waals surface area (Å²) in [5, 5.41) is 0. The fourth-order valence-electron chi connectivity index (χ4n) is 1.74. The first-order valence-electron chi connectivity index (χ1n) is 6.16. The highest BCUT2D eigenvalue weighted by molar-refractivity contribution is 5.47. The molecule has 18 heavy (non-hydrogen) atoms. The van der Waals surface area contributed by atoms with Crippen molar-refractivity contribution in [1.29, 1.82) is 0 Å². The Bertz CT molecular complexity index is 407. The van der Waals surface area contributed by atoms with Crippen LogP contribution in [0.3, 0.4) is 0 Å². The summed E-state index contributed by atoms with van der Waals surface area (Å²) >= 11 is 0. The van der Waals surface area contributed by atoms with E-state index in [1.807, 2.05) is 25.1 Å². The minimum absolute atomic E-state index is 0.0881.